The van der Waals surface area contributed by atoms with Crippen LogP contribution in [0, 0.1) is 0 Å². The van der Waals surface area contributed by atoms with Gasteiger partial charge in [0.15, 0.2) is 0 Å². The number of piperazine rings is 1. The molecule has 0 aliphatic carbocycles. The molecule has 1 aromatic heterocycles. The fraction of sp³-hybridized carbons (Fsp3) is 0.692. The third-order valence-corrected chi connectivity index (χ3v) is 3.41. The summed E-state index contributed by atoms with van der Waals surface area (Å²) in [7, 11) is 4.01. The van der Waals surface area contributed by atoms with Crippen LogP contribution in [0.3, 0.4) is 0 Å². The standard InChI is InChI=1S/C13H23N5/c1-11(2)17-7-9-18(10-8-17)13-14-6-5-12(15-13)16(3)4/h5-6,11H,7-10H2,1-4H3. The Labute approximate surface area is 109 Å². The Kier molecular flexibility index (Phi) is 4.01. The molecule has 0 spiro atoms. The van der Waals surface area contributed by atoms with Gasteiger partial charge in [-0.2, -0.15) is 4.98 Å². The molecule has 1 fully saturated rings. The van der Waals surface area contributed by atoms with E-state index in [4.69, 9.17) is 0 Å². The first-order valence-corrected chi connectivity index (χ1v) is 6.57. The van der Waals surface area contributed by atoms with Gasteiger partial charge in [0.05, 0.1) is 0 Å². The van der Waals surface area contributed by atoms with Crippen molar-refractivity contribution in [2.45, 2.75) is 19.9 Å². The predicted molar refractivity (Wildman–Crippen MR) is 75.3 cm³/mol. The highest BCUT2D eigenvalue weighted by atomic mass is 15.3. The third-order valence-electron chi connectivity index (χ3n) is 3.41. The van der Waals surface area contributed by atoms with Crippen LogP contribution in [-0.2, 0) is 0 Å². The smallest absolute Gasteiger partial charge is 0.227 e. The molecular weight excluding hydrogens is 226 g/mol. The van der Waals surface area contributed by atoms with E-state index in [1.165, 1.54) is 0 Å². The van der Waals surface area contributed by atoms with Crippen LogP contribution in [0.1, 0.15) is 13.8 Å². The van der Waals surface area contributed by atoms with Crippen molar-refractivity contribution in [2.24, 2.45) is 0 Å². The van der Waals surface area contributed by atoms with Crippen LogP contribution in [0.4, 0.5) is 11.8 Å². The van der Waals surface area contributed by atoms with Gasteiger partial charge in [0, 0.05) is 52.5 Å². The molecule has 0 amide bonds. The van der Waals surface area contributed by atoms with Crippen molar-refractivity contribution in [3.05, 3.63) is 12.3 Å². The lowest BCUT2D eigenvalue weighted by Gasteiger charge is -2.37. The molecule has 0 saturated carbocycles. The second kappa shape index (κ2) is 5.52. The topological polar surface area (TPSA) is 35.5 Å². The normalized spacial score (nSPS) is 17.3. The van der Waals surface area contributed by atoms with E-state index in [-0.39, 0.29) is 0 Å². The maximum absolute atomic E-state index is 4.59. The highest BCUT2D eigenvalue weighted by molar-refractivity contribution is 5.42. The van der Waals surface area contributed by atoms with Crippen LogP contribution in [0.5, 0.6) is 0 Å². The largest absolute Gasteiger partial charge is 0.363 e. The van der Waals surface area contributed by atoms with Crippen LogP contribution in [0.2, 0.25) is 0 Å². The quantitative estimate of drug-likeness (QED) is 0.801. The van der Waals surface area contributed by atoms with Crippen molar-refractivity contribution in [3.8, 4) is 0 Å². The number of hydrogen-bond donors (Lipinski definition) is 0. The summed E-state index contributed by atoms with van der Waals surface area (Å²) < 4.78 is 0. The van der Waals surface area contributed by atoms with E-state index in [0.717, 1.165) is 37.9 Å². The summed E-state index contributed by atoms with van der Waals surface area (Å²) in [5.41, 5.74) is 0. The van der Waals surface area contributed by atoms with E-state index in [0.29, 0.717) is 6.04 Å². The van der Waals surface area contributed by atoms with E-state index in [1.54, 1.807) is 0 Å². The summed E-state index contributed by atoms with van der Waals surface area (Å²) in [5.74, 6) is 1.82. The van der Waals surface area contributed by atoms with E-state index in [9.17, 15) is 0 Å². The van der Waals surface area contributed by atoms with Crippen molar-refractivity contribution in [1.82, 2.24) is 14.9 Å². The molecular formula is C13H23N5. The van der Waals surface area contributed by atoms with Crippen LogP contribution in [0.15, 0.2) is 12.3 Å². The lowest BCUT2D eigenvalue weighted by molar-refractivity contribution is 0.208. The Morgan fingerprint density at radius 2 is 1.83 bits per heavy atom. The Bertz CT molecular complexity index is 383. The molecule has 1 saturated heterocycles. The molecule has 0 aromatic carbocycles. The average Bonchev–Trinajstić information content (AvgIpc) is 2.39. The molecule has 100 valence electrons. The summed E-state index contributed by atoms with van der Waals surface area (Å²) in [6.45, 7) is 8.70. The molecule has 2 rings (SSSR count). The second-order valence-corrected chi connectivity index (χ2v) is 5.23. The van der Waals surface area contributed by atoms with E-state index < -0.39 is 0 Å². The Balaban J connectivity index is 2.03. The maximum Gasteiger partial charge on any atom is 0.227 e. The van der Waals surface area contributed by atoms with E-state index in [2.05, 4.69) is 33.6 Å². The molecule has 5 nitrogen and oxygen atoms in total. The van der Waals surface area contributed by atoms with Gasteiger partial charge in [-0.25, -0.2) is 4.98 Å². The fourth-order valence-electron chi connectivity index (χ4n) is 2.18. The van der Waals surface area contributed by atoms with Gasteiger partial charge in [0.2, 0.25) is 5.95 Å². The molecule has 18 heavy (non-hydrogen) atoms. The summed E-state index contributed by atoms with van der Waals surface area (Å²) in [5, 5.41) is 0. The first kappa shape index (κ1) is 13.1. The number of aromatic nitrogens is 2. The van der Waals surface area contributed by atoms with Gasteiger partial charge in [-0.3, -0.25) is 4.90 Å². The minimum absolute atomic E-state index is 0.626. The number of nitrogens with zero attached hydrogens (tertiary/aromatic N) is 5. The fourth-order valence-corrected chi connectivity index (χ4v) is 2.18. The zero-order chi connectivity index (χ0) is 13.1. The summed E-state index contributed by atoms with van der Waals surface area (Å²) >= 11 is 0. The summed E-state index contributed by atoms with van der Waals surface area (Å²) in [6, 6.07) is 2.56. The average molecular weight is 249 g/mol. The maximum atomic E-state index is 4.59. The molecule has 0 radical (unpaired) electrons. The molecule has 5 heteroatoms. The molecule has 1 aliphatic heterocycles. The van der Waals surface area contributed by atoms with Gasteiger partial charge in [0.1, 0.15) is 5.82 Å². The zero-order valence-electron chi connectivity index (χ0n) is 11.8. The van der Waals surface area contributed by atoms with Crippen molar-refractivity contribution in [1.29, 1.82) is 0 Å². The number of anilines is 2. The Morgan fingerprint density at radius 3 is 2.39 bits per heavy atom. The third kappa shape index (κ3) is 2.90. The lowest BCUT2D eigenvalue weighted by atomic mass is 10.2. The first-order chi connectivity index (χ1) is 8.58. The first-order valence-electron chi connectivity index (χ1n) is 6.57. The van der Waals surface area contributed by atoms with Crippen LogP contribution in [0.25, 0.3) is 0 Å². The molecule has 1 aliphatic rings. The molecule has 0 N–H and O–H groups in total. The van der Waals surface area contributed by atoms with Crippen LogP contribution < -0.4 is 9.80 Å². The van der Waals surface area contributed by atoms with Gasteiger partial charge < -0.3 is 9.80 Å². The van der Waals surface area contributed by atoms with E-state index >= 15 is 0 Å². The molecule has 1 aromatic rings. The van der Waals surface area contributed by atoms with Gasteiger partial charge in [0.25, 0.3) is 0 Å². The molecule has 0 atom stereocenters. The van der Waals surface area contributed by atoms with Crippen molar-refractivity contribution >= 4 is 11.8 Å². The zero-order valence-corrected chi connectivity index (χ0v) is 11.8. The monoisotopic (exact) mass is 249 g/mol. The van der Waals surface area contributed by atoms with Gasteiger partial charge >= 0.3 is 0 Å². The second-order valence-electron chi connectivity index (χ2n) is 5.23. The van der Waals surface area contributed by atoms with Crippen molar-refractivity contribution in [3.63, 3.8) is 0 Å². The molecule has 2 heterocycles. The van der Waals surface area contributed by atoms with Gasteiger partial charge in [-0.1, -0.05) is 0 Å². The number of hydrogen-bond acceptors (Lipinski definition) is 5. The summed E-state index contributed by atoms with van der Waals surface area (Å²) in [6.07, 6.45) is 1.84. The summed E-state index contributed by atoms with van der Waals surface area (Å²) in [4.78, 5) is 15.7. The minimum atomic E-state index is 0.626. The van der Waals surface area contributed by atoms with E-state index in [1.807, 2.05) is 31.3 Å². The minimum Gasteiger partial charge on any atom is -0.363 e. The van der Waals surface area contributed by atoms with Crippen molar-refractivity contribution in [2.75, 3.05) is 50.1 Å². The van der Waals surface area contributed by atoms with Crippen LogP contribution >= 0.6 is 0 Å². The van der Waals surface area contributed by atoms with Crippen molar-refractivity contribution < 1.29 is 0 Å². The molecule has 0 unspecified atom stereocenters. The predicted octanol–water partition coefficient (Wildman–Crippen LogP) is 1.07. The van der Waals surface area contributed by atoms with Gasteiger partial charge in [-0.15, -0.1) is 0 Å². The number of rotatable bonds is 3. The molecule has 0 bridgehead atoms. The Morgan fingerprint density at radius 1 is 1.17 bits per heavy atom. The SMILES string of the molecule is CC(C)N1CCN(c2nccc(N(C)C)n2)CC1. The highest BCUT2D eigenvalue weighted by Crippen LogP contribution is 2.15. The van der Waals surface area contributed by atoms with Gasteiger partial charge in [-0.05, 0) is 19.9 Å². The van der Waals surface area contributed by atoms with Crippen LogP contribution in [-0.4, -0.2) is 61.2 Å². The Hall–Kier alpha value is -1.36. The highest BCUT2D eigenvalue weighted by Gasteiger charge is 2.20. The lowest BCUT2D eigenvalue weighted by Crippen LogP contribution is -2.49.